The molecular weight excluding hydrogens is 410 g/mol. The number of hydrogen-bond donors (Lipinski definition) is 1. The maximum atomic E-state index is 12.8. The number of rotatable bonds is 5. The first-order valence-corrected chi connectivity index (χ1v) is 11.2. The minimum absolute atomic E-state index is 0.0585. The van der Waals surface area contributed by atoms with Gasteiger partial charge in [0.1, 0.15) is 0 Å². The number of likely N-dealkylation sites (tertiary alicyclic amines) is 1. The van der Waals surface area contributed by atoms with Crippen molar-refractivity contribution in [2.45, 2.75) is 17.7 Å². The number of benzene rings is 2. The van der Waals surface area contributed by atoms with Crippen LogP contribution < -0.4 is 5.32 Å². The summed E-state index contributed by atoms with van der Waals surface area (Å²) in [6, 6.07) is 12.2. The molecule has 0 aromatic heterocycles. The fourth-order valence-corrected chi connectivity index (χ4v) is 4.00. The summed E-state index contributed by atoms with van der Waals surface area (Å²) in [4.78, 5) is 36.9. The van der Waals surface area contributed by atoms with Gasteiger partial charge in [0.05, 0.1) is 9.82 Å². The van der Waals surface area contributed by atoms with E-state index in [0.717, 1.165) is 24.5 Å². The molecule has 0 bridgehead atoms. The van der Waals surface area contributed by atoms with Crippen molar-refractivity contribution in [2.24, 2.45) is 5.92 Å². The Hall–Kier alpha value is -3.27. The molecule has 9 nitrogen and oxygen atoms in total. The van der Waals surface area contributed by atoms with Crippen molar-refractivity contribution in [2.75, 3.05) is 24.7 Å². The largest absolute Gasteiger partial charge is 0.339 e. The first-order chi connectivity index (χ1) is 14.1. The molecule has 1 aliphatic heterocycles. The van der Waals surface area contributed by atoms with Crippen molar-refractivity contribution in [3.05, 3.63) is 64.2 Å². The summed E-state index contributed by atoms with van der Waals surface area (Å²) in [6.07, 6.45) is 1.81. The number of nitro benzene ring substituents is 1. The molecule has 2 amide bonds. The Morgan fingerprint density at radius 3 is 2.30 bits per heavy atom. The van der Waals surface area contributed by atoms with E-state index in [1.165, 1.54) is 4.90 Å². The Bertz CT molecular complexity index is 1080. The second-order valence-electron chi connectivity index (χ2n) is 7.17. The van der Waals surface area contributed by atoms with Crippen LogP contribution in [0.3, 0.4) is 0 Å². The molecule has 0 saturated carbocycles. The predicted molar refractivity (Wildman–Crippen MR) is 110 cm³/mol. The van der Waals surface area contributed by atoms with Gasteiger partial charge in [-0.05, 0) is 31.0 Å². The summed E-state index contributed by atoms with van der Waals surface area (Å²) >= 11 is 0. The second kappa shape index (κ2) is 8.62. The van der Waals surface area contributed by atoms with Crippen LogP contribution in [0.25, 0.3) is 0 Å². The van der Waals surface area contributed by atoms with Gasteiger partial charge in [-0.3, -0.25) is 19.7 Å². The Kier molecular flexibility index (Phi) is 6.16. The number of anilines is 1. The van der Waals surface area contributed by atoms with Crippen LogP contribution in [-0.4, -0.2) is 49.4 Å². The number of hydrogen-bond acceptors (Lipinski definition) is 6. The van der Waals surface area contributed by atoms with Crippen LogP contribution in [-0.2, 0) is 14.6 Å². The van der Waals surface area contributed by atoms with E-state index in [2.05, 4.69) is 5.32 Å². The lowest BCUT2D eigenvalue weighted by molar-refractivity contribution is -0.385. The maximum absolute atomic E-state index is 12.8. The van der Waals surface area contributed by atoms with Crippen LogP contribution in [0.4, 0.5) is 11.4 Å². The molecule has 1 heterocycles. The zero-order chi connectivity index (χ0) is 21.9. The quantitative estimate of drug-likeness (QED) is 0.572. The highest BCUT2D eigenvalue weighted by molar-refractivity contribution is 7.90. The summed E-state index contributed by atoms with van der Waals surface area (Å²) in [5.41, 5.74) is 0.182. The molecule has 10 heteroatoms. The molecule has 2 aromatic rings. The molecule has 0 spiro atoms. The van der Waals surface area contributed by atoms with Gasteiger partial charge in [0.15, 0.2) is 9.84 Å². The fourth-order valence-electron chi connectivity index (χ4n) is 3.32. The third-order valence-electron chi connectivity index (χ3n) is 4.97. The molecule has 0 radical (unpaired) electrons. The highest BCUT2D eigenvalue weighted by Gasteiger charge is 2.29. The van der Waals surface area contributed by atoms with Gasteiger partial charge in [0.25, 0.3) is 11.6 Å². The summed E-state index contributed by atoms with van der Waals surface area (Å²) in [5, 5.41) is 14.0. The standard InChI is InChI=1S/C20H21N3O6S/c1-30(28,29)18-12-15(11-17(13-18)23(26)27)20(25)22-9-7-14(8-10-22)19(24)21-16-5-3-2-4-6-16/h2-6,11-14H,7-10H2,1H3,(H,21,24). The third-order valence-corrected chi connectivity index (χ3v) is 6.06. The number of sulfone groups is 1. The minimum atomic E-state index is -3.72. The molecule has 30 heavy (non-hydrogen) atoms. The summed E-state index contributed by atoms with van der Waals surface area (Å²) in [5.74, 6) is -0.875. The van der Waals surface area contributed by atoms with Crippen LogP contribution >= 0.6 is 0 Å². The molecule has 0 atom stereocenters. The molecule has 1 aliphatic rings. The van der Waals surface area contributed by atoms with E-state index in [9.17, 15) is 28.1 Å². The maximum Gasteiger partial charge on any atom is 0.271 e. The van der Waals surface area contributed by atoms with Crippen LogP contribution in [0.5, 0.6) is 0 Å². The van der Waals surface area contributed by atoms with E-state index in [4.69, 9.17) is 0 Å². The van der Waals surface area contributed by atoms with Gasteiger partial charge in [-0.1, -0.05) is 18.2 Å². The van der Waals surface area contributed by atoms with Crippen molar-refractivity contribution < 1.29 is 22.9 Å². The van der Waals surface area contributed by atoms with Gasteiger partial charge >= 0.3 is 0 Å². The number of nitrogens with zero attached hydrogens (tertiary/aromatic N) is 2. The van der Waals surface area contributed by atoms with Gasteiger partial charge in [0, 0.05) is 48.6 Å². The zero-order valence-corrected chi connectivity index (χ0v) is 17.1. The van der Waals surface area contributed by atoms with Gasteiger partial charge in [-0.25, -0.2) is 8.42 Å². The smallest absolute Gasteiger partial charge is 0.271 e. The number of carbonyl (C=O) groups excluding carboxylic acids is 2. The average molecular weight is 431 g/mol. The number of carbonyl (C=O) groups is 2. The second-order valence-corrected chi connectivity index (χ2v) is 9.18. The summed E-state index contributed by atoms with van der Waals surface area (Å²) < 4.78 is 23.7. The van der Waals surface area contributed by atoms with Crippen LogP contribution in [0.2, 0.25) is 0 Å². The molecule has 1 fully saturated rings. The molecule has 2 aromatic carbocycles. The molecule has 158 valence electrons. The lowest BCUT2D eigenvalue weighted by atomic mass is 9.95. The Morgan fingerprint density at radius 1 is 1.10 bits per heavy atom. The Morgan fingerprint density at radius 2 is 1.73 bits per heavy atom. The lowest BCUT2D eigenvalue weighted by Gasteiger charge is -2.31. The summed E-state index contributed by atoms with van der Waals surface area (Å²) in [6.45, 7) is 0.589. The van der Waals surface area contributed by atoms with E-state index in [-0.39, 0.29) is 22.3 Å². The minimum Gasteiger partial charge on any atom is -0.339 e. The number of para-hydroxylation sites is 1. The van der Waals surface area contributed by atoms with Crippen LogP contribution in [0.15, 0.2) is 53.4 Å². The van der Waals surface area contributed by atoms with Gasteiger partial charge in [-0.2, -0.15) is 0 Å². The van der Waals surface area contributed by atoms with Crippen molar-refractivity contribution in [3.8, 4) is 0 Å². The third kappa shape index (κ3) is 5.01. The number of nitro groups is 1. The topological polar surface area (TPSA) is 127 Å². The van der Waals surface area contributed by atoms with Crippen molar-refractivity contribution in [3.63, 3.8) is 0 Å². The number of amides is 2. The van der Waals surface area contributed by atoms with Crippen molar-refractivity contribution in [1.29, 1.82) is 0 Å². The molecule has 1 saturated heterocycles. The summed E-state index contributed by atoms with van der Waals surface area (Å²) in [7, 11) is -3.72. The average Bonchev–Trinajstić information content (AvgIpc) is 2.73. The van der Waals surface area contributed by atoms with Crippen molar-refractivity contribution in [1.82, 2.24) is 4.90 Å². The van der Waals surface area contributed by atoms with Crippen LogP contribution in [0, 0.1) is 16.0 Å². The van der Waals surface area contributed by atoms with Gasteiger partial charge < -0.3 is 10.2 Å². The van der Waals surface area contributed by atoms with E-state index < -0.39 is 26.4 Å². The predicted octanol–water partition coefficient (Wildman–Crippen LogP) is 2.49. The fraction of sp³-hybridized carbons (Fsp3) is 0.300. The van der Waals surface area contributed by atoms with Crippen molar-refractivity contribution >= 4 is 33.0 Å². The lowest BCUT2D eigenvalue weighted by Crippen LogP contribution is -2.41. The molecular formula is C20H21N3O6S. The number of piperidine rings is 1. The zero-order valence-electron chi connectivity index (χ0n) is 16.3. The number of non-ortho nitro benzene ring substituents is 1. The normalized spacial score (nSPS) is 14.9. The Balaban J connectivity index is 1.70. The van der Waals surface area contributed by atoms with Gasteiger partial charge in [0.2, 0.25) is 5.91 Å². The molecule has 0 unspecified atom stereocenters. The molecule has 1 N–H and O–H groups in total. The monoisotopic (exact) mass is 431 g/mol. The van der Waals surface area contributed by atoms with E-state index >= 15 is 0 Å². The van der Waals surface area contributed by atoms with E-state index in [1.807, 2.05) is 18.2 Å². The molecule has 3 rings (SSSR count). The van der Waals surface area contributed by atoms with E-state index in [1.54, 1.807) is 12.1 Å². The molecule has 0 aliphatic carbocycles. The Labute approximate surface area is 173 Å². The first-order valence-electron chi connectivity index (χ1n) is 9.30. The first kappa shape index (κ1) is 21.4. The number of nitrogens with one attached hydrogen (secondary N) is 1. The highest BCUT2D eigenvalue weighted by atomic mass is 32.2. The van der Waals surface area contributed by atoms with Crippen LogP contribution in [0.1, 0.15) is 23.2 Å². The van der Waals surface area contributed by atoms with E-state index in [0.29, 0.717) is 31.6 Å². The SMILES string of the molecule is CS(=O)(=O)c1cc(C(=O)N2CCC(C(=O)Nc3ccccc3)CC2)cc([N+](=O)[O-])c1. The van der Waals surface area contributed by atoms with Gasteiger partial charge in [-0.15, -0.1) is 0 Å². The highest BCUT2D eigenvalue weighted by Crippen LogP contribution is 2.25.